The van der Waals surface area contributed by atoms with Crippen LogP contribution in [0.5, 0.6) is 0 Å². The molecule has 2 atom stereocenters. The van der Waals surface area contributed by atoms with Crippen LogP contribution in [0.25, 0.3) is 22.3 Å². The molecular weight excluding hydrogens is 484 g/mol. The highest BCUT2D eigenvalue weighted by Gasteiger charge is 2.22. The molecule has 1 saturated heterocycles. The van der Waals surface area contributed by atoms with Crippen LogP contribution in [-0.2, 0) is 11.3 Å². The van der Waals surface area contributed by atoms with Crippen molar-refractivity contribution in [1.29, 1.82) is 0 Å². The summed E-state index contributed by atoms with van der Waals surface area (Å²) in [5, 5.41) is 20.4. The van der Waals surface area contributed by atoms with Crippen molar-refractivity contribution < 1.29 is 14.7 Å². The number of rotatable bonds is 8. The van der Waals surface area contributed by atoms with Gasteiger partial charge in [-0.3, -0.25) is 24.2 Å². The Hall–Kier alpha value is -4.09. The number of aliphatic hydroxyl groups is 1. The molecule has 1 fully saturated rings. The summed E-state index contributed by atoms with van der Waals surface area (Å²) in [5.41, 5.74) is 4.39. The maximum Gasteiger partial charge on any atom is 0.257 e. The number of anilines is 2. The van der Waals surface area contributed by atoms with E-state index in [1.54, 1.807) is 43.1 Å². The van der Waals surface area contributed by atoms with Crippen LogP contribution in [0.4, 0.5) is 11.4 Å². The molecule has 5 heterocycles. The Morgan fingerprint density at radius 3 is 2.79 bits per heavy atom. The predicted octanol–water partition coefficient (Wildman–Crippen LogP) is 3.19. The van der Waals surface area contributed by atoms with Gasteiger partial charge in [0.05, 0.1) is 59.9 Å². The SMILES string of the molecule is Cc1ncc(NC(=O)CN2CCC[C@@H]2C)cc1NC(=O)c1cnc2[nH]c(-c3cnn(CC(C)O)c3)cc2c1. The molecule has 11 nitrogen and oxygen atoms in total. The number of aliphatic hydroxyl groups excluding tert-OH is 1. The first-order valence-corrected chi connectivity index (χ1v) is 12.8. The second-order valence-corrected chi connectivity index (χ2v) is 9.97. The summed E-state index contributed by atoms with van der Waals surface area (Å²) in [5.74, 6) is -0.429. The summed E-state index contributed by atoms with van der Waals surface area (Å²) in [6.45, 7) is 7.30. The van der Waals surface area contributed by atoms with Gasteiger partial charge in [-0.15, -0.1) is 0 Å². The number of pyridine rings is 2. The van der Waals surface area contributed by atoms with Gasteiger partial charge in [-0.2, -0.15) is 5.10 Å². The number of H-pyrrole nitrogens is 1. The van der Waals surface area contributed by atoms with Crippen molar-refractivity contribution >= 4 is 34.2 Å². The monoisotopic (exact) mass is 516 g/mol. The van der Waals surface area contributed by atoms with E-state index >= 15 is 0 Å². The summed E-state index contributed by atoms with van der Waals surface area (Å²) >= 11 is 0. The molecule has 0 bridgehead atoms. The van der Waals surface area contributed by atoms with Crippen molar-refractivity contribution in [2.45, 2.75) is 52.3 Å². The van der Waals surface area contributed by atoms with E-state index in [-0.39, 0.29) is 11.8 Å². The zero-order valence-corrected chi connectivity index (χ0v) is 21.7. The lowest BCUT2D eigenvalue weighted by Gasteiger charge is -2.20. The van der Waals surface area contributed by atoms with Crippen LogP contribution in [0.3, 0.4) is 0 Å². The van der Waals surface area contributed by atoms with E-state index in [0.29, 0.717) is 47.4 Å². The maximum absolute atomic E-state index is 13.1. The highest BCUT2D eigenvalue weighted by molar-refractivity contribution is 6.06. The number of likely N-dealkylation sites (tertiary alicyclic amines) is 1. The van der Waals surface area contributed by atoms with E-state index in [4.69, 9.17) is 0 Å². The topological polar surface area (TPSA) is 141 Å². The number of aryl methyl sites for hydroxylation is 1. The summed E-state index contributed by atoms with van der Waals surface area (Å²) in [6, 6.07) is 5.80. The summed E-state index contributed by atoms with van der Waals surface area (Å²) in [4.78, 5) is 39.8. The first kappa shape index (κ1) is 25.6. The quantitative estimate of drug-likeness (QED) is 0.282. The zero-order chi connectivity index (χ0) is 26.8. The third kappa shape index (κ3) is 5.74. The number of amides is 2. The van der Waals surface area contributed by atoms with E-state index in [9.17, 15) is 14.7 Å². The Balaban J connectivity index is 1.28. The molecular formula is C27H32N8O3. The van der Waals surface area contributed by atoms with Gasteiger partial charge >= 0.3 is 0 Å². The largest absolute Gasteiger partial charge is 0.391 e. The van der Waals surface area contributed by atoms with Crippen molar-refractivity contribution in [3.8, 4) is 11.3 Å². The average Bonchev–Trinajstić information content (AvgIpc) is 3.60. The molecule has 4 aromatic heterocycles. The number of nitrogens with zero attached hydrogens (tertiary/aromatic N) is 5. The fourth-order valence-corrected chi connectivity index (χ4v) is 4.70. The minimum Gasteiger partial charge on any atom is -0.391 e. The molecule has 0 radical (unpaired) electrons. The van der Waals surface area contributed by atoms with Crippen molar-refractivity contribution in [3.63, 3.8) is 0 Å². The van der Waals surface area contributed by atoms with Crippen LogP contribution < -0.4 is 10.6 Å². The predicted molar refractivity (Wildman–Crippen MR) is 145 cm³/mol. The molecule has 5 rings (SSSR count). The first-order chi connectivity index (χ1) is 18.2. The fourth-order valence-electron chi connectivity index (χ4n) is 4.70. The first-order valence-electron chi connectivity index (χ1n) is 12.8. The van der Waals surface area contributed by atoms with Crippen molar-refractivity contribution in [1.82, 2.24) is 29.6 Å². The van der Waals surface area contributed by atoms with Gasteiger partial charge in [-0.1, -0.05) is 0 Å². The lowest BCUT2D eigenvalue weighted by molar-refractivity contribution is -0.117. The van der Waals surface area contributed by atoms with Gasteiger partial charge in [0.15, 0.2) is 0 Å². The molecule has 0 saturated carbocycles. The molecule has 198 valence electrons. The molecule has 2 amide bonds. The number of aromatic amines is 1. The Morgan fingerprint density at radius 1 is 1.18 bits per heavy atom. The number of fused-ring (bicyclic) bond motifs is 1. The zero-order valence-electron chi connectivity index (χ0n) is 21.7. The minimum atomic E-state index is -0.497. The molecule has 38 heavy (non-hydrogen) atoms. The van der Waals surface area contributed by atoms with Crippen molar-refractivity contribution in [2.75, 3.05) is 23.7 Å². The van der Waals surface area contributed by atoms with Gasteiger partial charge in [0.25, 0.3) is 5.91 Å². The standard InChI is InChI=1S/C27H32N8O3/c1-16-5-4-6-34(16)15-25(37)31-22-9-23(18(3)28-12-22)33-27(38)20-7-19-8-24(32-26(19)29-10-20)21-11-30-35(14-21)13-17(2)36/h7-12,14,16-17,36H,4-6,13,15H2,1-3H3,(H,29,32)(H,31,37)(H,33,38)/t16-,17?/m0/s1. The highest BCUT2D eigenvalue weighted by atomic mass is 16.3. The van der Waals surface area contributed by atoms with E-state index in [1.807, 2.05) is 12.3 Å². The van der Waals surface area contributed by atoms with Crippen LogP contribution in [0, 0.1) is 6.92 Å². The van der Waals surface area contributed by atoms with Gasteiger partial charge < -0.3 is 20.7 Å². The smallest absolute Gasteiger partial charge is 0.257 e. The van der Waals surface area contributed by atoms with Crippen molar-refractivity contribution in [2.24, 2.45) is 0 Å². The maximum atomic E-state index is 13.1. The van der Waals surface area contributed by atoms with E-state index in [2.05, 4.69) is 42.5 Å². The van der Waals surface area contributed by atoms with Crippen LogP contribution in [0.15, 0.2) is 43.0 Å². The summed E-state index contributed by atoms with van der Waals surface area (Å²) in [7, 11) is 0. The van der Waals surface area contributed by atoms with E-state index < -0.39 is 6.10 Å². The number of hydrogen-bond donors (Lipinski definition) is 4. The molecule has 11 heteroatoms. The molecule has 4 N–H and O–H groups in total. The molecule has 1 aliphatic rings. The third-order valence-corrected chi connectivity index (χ3v) is 6.78. The number of carbonyl (C=O) groups is 2. The number of hydrogen-bond acceptors (Lipinski definition) is 7. The Morgan fingerprint density at radius 2 is 2.03 bits per heavy atom. The van der Waals surface area contributed by atoms with Crippen LogP contribution in [0.2, 0.25) is 0 Å². The summed E-state index contributed by atoms with van der Waals surface area (Å²) in [6.07, 6.45) is 8.38. The van der Waals surface area contributed by atoms with Gasteiger partial charge in [-0.05, 0) is 58.4 Å². The molecule has 1 aliphatic heterocycles. The van der Waals surface area contributed by atoms with Gasteiger partial charge in [-0.25, -0.2) is 4.98 Å². The second-order valence-electron chi connectivity index (χ2n) is 9.97. The lowest BCUT2D eigenvalue weighted by Crippen LogP contribution is -2.35. The van der Waals surface area contributed by atoms with E-state index in [0.717, 1.165) is 36.0 Å². The molecule has 4 aromatic rings. The number of nitrogens with one attached hydrogen (secondary N) is 3. The van der Waals surface area contributed by atoms with Crippen LogP contribution >= 0.6 is 0 Å². The van der Waals surface area contributed by atoms with Crippen LogP contribution in [-0.4, -0.2) is 71.8 Å². The van der Waals surface area contributed by atoms with Crippen molar-refractivity contribution in [3.05, 3.63) is 54.2 Å². The molecule has 0 aliphatic carbocycles. The fraction of sp³-hybridized carbons (Fsp3) is 0.370. The average molecular weight is 517 g/mol. The van der Waals surface area contributed by atoms with Gasteiger partial charge in [0, 0.05) is 29.4 Å². The molecule has 1 unspecified atom stereocenters. The number of carbonyl (C=O) groups excluding carboxylic acids is 2. The number of aromatic nitrogens is 5. The third-order valence-electron chi connectivity index (χ3n) is 6.78. The van der Waals surface area contributed by atoms with Gasteiger partial charge in [0.2, 0.25) is 5.91 Å². The molecule has 0 aromatic carbocycles. The normalized spacial score (nSPS) is 16.6. The minimum absolute atomic E-state index is 0.101. The van der Waals surface area contributed by atoms with E-state index in [1.165, 1.54) is 6.20 Å². The van der Waals surface area contributed by atoms with Crippen LogP contribution in [0.1, 0.15) is 42.7 Å². The Bertz CT molecular complexity index is 1470. The second kappa shape index (κ2) is 10.7. The summed E-state index contributed by atoms with van der Waals surface area (Å²) < 4.78 is 1.68. The Labute approximate surface area is 220 Å². The molecule has 0 spiro atoms. The Kier molecular flexibility index (Phi) is 7.21. The highest BCUT2D eigenvalue weighted by Crippen LogP contribution is 2.25. The lowest BCUT2D eigenvalue weighted by atomic mass is 10.2. The van der Waals surface area contributed by atoms with Gasteiger partial charge in [0.1, 0.15) is 5.65 Å².